The van der Waals surface area contributed by atoms with Crippen LogP contribution >= 0.6 is 11.6 Å². The fourth-order valence-electron chi connectivity index (χ4n) is 3.52. The SMILES string of the molecule is N#CC(C#N)(Cc1ccc(Cl)cc1)c1cc(-c2ccccc2)cc(-c2ccccc2)n1. The Hall–Kier alpha value is -3.92. The van der Waals surface area contributed by atoms with Crippen molar-refractivity contribution in [2.75, 3.05) is 0 Å². The molecule has 4 rings (SSSR count). The molecule has 4 aromatic rings. The second-order valence-electron chi connectivity index (χ2n) is 7.29. The largest absolute Gasteiger partial charge is 0.250 e. The zero-order valence-corrected chi connectivity index (χ0v) is 17.4. The summed E-state index contributed by atoms with van der Waals surface area (Å²) in [4.78, 5) is 4.79. The highest BCUT2D eigenvalue weighted by atomic mass is 35.5. The van der Waals surface area contributed by atoms with E-state index in [1.54, 1.807) is 12.1 Å². The lowest BCUT2D eigenvalue weighted by Crippen LogP contribution is -2.26. The van der Waals surface area contributed by atoms with Crippen LogP contribution in [0.25, 0.3) is 22.4 Å². The van der Waals surface area contributed by atoms with E-state index >= 15 is 0 Å². The van der Waals surface area contributed by atoms with Gasteiger partial charge in [0.25, 0.3) is 0 Å². The Morgan fingerprint density at radius 1 is 0.710 bits per heavy atom. The molecule has 0 aliphatic carbocycles. The second kappa shape index (κ2) is 8.84. The molecule has 0 aliphatic heterocycles. The molecule has 0 aliphatic rings. The van der Waals surface area contributed by atoms with E-state index in [0.717, 1.165) is 27.9 Å². The fourth-order valence-corrected chi connectivity index (χ4v) is 3.65. The summed E-state index contributed by atoms with van der Waals surface area (Å²) in [5.74, 6) is 0. The molecule has 0 radical (unpaired) electrons. The Bertz CT molecular complexity index is 1200. The van der Waals surface area contributed by atoms with Crippen molar-refractivity contribution in [1.29, 1.82) is 10.5 Å². The van der Waals surface area contributed by atoms with Crippen LogP contribution in [0.5, 0.6) is 0 Å². The highest BCUT2D eigenvalue weighted by Gasteiger charge is 2.35. The zero-order valence-electron chi connectivity index (χ0n) is 16.7. The summed E-state index contributed by atoms with van der Waals surface area (Å²) in [7, 11) is 0. The first-order valence-electron chi connectivity index (χ1n) is 9.84. The summed E-state index contributed by atoms with van der Waals surface area (Å²) >= 11 is 6.00. The Kier molecular flexibility index (Phi) is 5.80. The van der Waals surface area contributed by atoms with Crippen molar-refractivity contribution in [3.63, 3.8) is 0 Å². The van der Waals surface area contributed by atoms with Gasteiger partial charge in [0.05, 0.1) is 23.5 Å². The molecule has 0 N–H and O–H groups in total. The molecular weight excluding hydrogens is 402 g/mol. The van der Waals surface area contributed by atoms with Gasteiger partial charge in [-0.25, -0.2) is 4.98 Å². The number of nitriles is 2. The third-order valence-corrected chi connectivity index (χ3v) is 5.46. The Balaban J connectivity index is 1.89. The minimum atomic E-state index is -1.43. The minimum absolute atomic E-state index is 0.219. The first-order valence-corrected chi connectivity index (χ1v) is 10.2. The monoisotopic (exact) mass is 419 g/mol. The maximum Gasteiger partial charge on any atom is 0.189 e. The van der Waals surface area contributed by atoms with E-state index in [1.165, 1.54) is 0 Å². The molecule has 0 bridgehead atoms. The molecule has 0 amide bonds. The summed E-state index contributed by atoms with van der Waals surface area (Å²) in [5.41, 5.74) is 3.42. The molecule has 3 aromatic carbocycles. The van der Waals surface area contributed by atoms with Gasteiger partial charge < -0.3 is 0 Å². The van der Waals surface area contributed by atoms with E-state index in [4.69, 9.17) is 16.6 Å². The zero-order chi connectivity index (χ0) is 21.7. The number of rotatable bonds is 5. The van der Waals surface area contributed by atoms with Gasteiger partial charge >= 0.3 is 0 Å². The number of hydrogen-bond donors (Lipinski definition) is 0. The molecule has 3 nitrogen and oxygen atoms in total. The van der Waals surface area contributed by atoms with E-state index in [-0.39, 0.29) is 6.42 Å². The molecule has 0 saturated heterocycles. The number of pyridine rings is 1. The maximum absolute atomic E-state index is 10.1. The van der Waals surface area contributed by atoms with Crippen LogP contribution in [-0.2, 0) is 11.8 Å². The number of halogens is 1. The predicted octanol–water partition coefficient (Wildman–Crippen LogP) is 6.60. The lowest BCUT2D eigenvalue weighted by Gasteiger charge is -2.20. The number of hydrogen-bond acceptors (Lipinski definition) is 3. The first kappa shape index (κ1) is 20.4. The van der Waals surface area contributed by atoms with Gasteiger partial charge in [0.1, 0.15) is 0 Å². The van der Waals surface area contributed by atoms with E-state index in [0.29, 0.717) is 10.7 Å². The Morgan fingerprint density at radius 2 is 1.29 bits per heavy atom. The Labute approximate surface area is 186 Å². The molecule has 4 heteroatoms. The van der Waals surface area contributed by atoms with Crippen LogP contribution in [-0.4, -0.2) is 4.98 Å². The molecule has 0 spiro atoms. The molecule has 31 heavy (non-hydrogen) atoms. The van der Waals surface area contributed by atoms with Crippen LogP contribution in [0.4, 0.5) is 0 Å². The average molecular weight is 420 g/mol. The summed E-state index contributed by atoms with van der Waals surface area (Å²) in [6, 6.07) is 35.2. The summed E-state index contributed by atoms with van der Waals surface area (Å²) < 4.78 is 0. The van der Waals surface area contributed by atoms with Gasteiger partial charge in [-0.1, -0.05) is 84.4 Å². The van der Waals surface area contributed by atoms with Gasteiger partial charge in [0, 0.05) is 17.0 Å². The second-order valence-corrected chi connectivity index (χ2v) is 7.73. The summed E-state index contributed by atoms with van der Waals surface area (Å²) in [6.07, 6.45) is 0.219. The van der Waals surface area contributed by atoms with E-state index in [2.05, 4.69) is 12.1 Å². The molecule has 0 fully saturated rings. The van der Waals surface area contributed by atoms with E-state index in [1.807, 2.05) is 84.9 Å². The van der Waals surface area contributed by atoms with Gasteiger partial charge in [-0.15, -0.1) is 0 Å². The number of aromatic nitrogens is 1. The molecular formula is C27H18ClN3. The van der Waals surface area contributed by atoms with Crippen LogP contribution < -0.4 is 0 Å². The van der Waals surface area contributed by atoms with Crippen molar-refractivity contribution in [2.24, 2.45) is 0 Å². The topological polar surface area (TPSA) is 60.5 Å². The van der Waals surface area contributed by atoms with Gasteiger partial charge in [-0.3, -0.25) is 0 Å². The molecule has 0 atom stereocenters. The Morgan fingerprint density at radius 3 is 1.87 bits per heavy atom. The maximum atomic E-state index is 10.1. The number of nitrogens with zero attached hydrogens (tertiary/aromatic N) is 3. The molecule has 148 valence electrons. The van der Waals surface area contributed by atoms with Crippen LogP contribution in [0.1, 0.15) is 11.3 Å². The van der Waals surface area contributed by atoms with Crippen LogP contribution in [0.15, 0.2) is 97.1 Å². The normalized spacial score (nSPS) is 10.8. The summed E-state index contributed by atoms with van der Waals surface area (Å²) in [5, 5.41) is 20.9. The van der Waals surface area contributed by atoms with Crippen LogP contribution in [0.3, 0.4) is 0 Å². The standard InChI is InChI=1S/C27H18ClN3/c28-24-13-11-20(12-14-24)17-27(18-29,19-30)26-16-23(21-7-3-1-4-8-21)15-25(31-26)22-9-5-2-6-10-22/h1-16H,17H2. The van der Waals surface area contributed by atoms with Crippen molar-refractivity contribution in [3.05, 3.63) is 113 Å². The smallest absolute Gasteiger partial charge is 0.189 e. The molecule has 1 heterocycles. The molecule has 0 unspecified atom stereocenters. The van der Waals surface area contributed by atoms with Crippen molar-refractivity contribution in [2.45, 2.75) is 11.8 Å². The van der Waals surface area contributed by atoms with E-state index in [9.17, 15) is 10.5 Å². The number of benzene rings is 3. The quantitative estimate of drug-likeness (QED) is 0.366. The van der Waals surface area contributed by atoms with Crippen molar-refractivity contribution >= 4 is 11.6 Å². The minimum Gasteiger partial charge on any atom is -0.250 e. The predicted molar refractivity (Wildman–Crippen MR) is 123 cm³/mol. The average Bonchev–Trinajstić information content (AvgIpc) is 2.85. The van der Waals surface area contributed by atoms with Crippen molar-refractivity contribution in [1.82, 2.24) is 4.98 Å². The van der Waals surface area contributed by atoms with Crippen molar-refractivity contribution in [3.8, 4) is 34.5 Å². The lowest BCUT2D eigenvalue weighted by atomic mass is 9.80. The molecule has 0 saturated carbocycles. The third-order valence-electron chi connectivity index (χ3n) is 5.20. The highest BCUT2D eigenvalue weighted by Crippen LogP contribution is 2.33. The van der Waals surface area contributed by atoms with Gasteiger partial charge in [-0.2, -0.15) is 10.5 Å². The van der Waals surface area contributed by atoms with Crippen molar-refractivity contribution < 1.29 is 0 Å². The van der Waals surface area contributed by atoms with Gasteiger partial charge in [-0.05, 0) is 41.0 Å². The fraction of sp³-hybridized carbons (Fsp3) is 0.0741. The highest BCUT2D eigenvalue weighted by molar-refractivity contribution is 6.30. The lowest BCUT2D eigenvalue weighted by molar-refractivity contribution is 0.671. The van der Waals surface area contributed by atoms with Crippen LogP contribution in [0.2, 0.25) is 5.02 Å². The van der Waals surface area contributed by atoms with Gasteiger partial charge in [0.15, 0.2) is 5.41 Å². The van der Waals surface area contributed by atoms with E-state index < -0.39 is 5.41 Å². The third kappa shape index (κ3) is 4.33. The molecule has 1 aromatic heterocycles. The van der Waals surface area contributed by atoms with Gasteiger partial charge in [0.2, 0.25) is 0 Å². The summed E-state index contributed by atoms with van der Waals surface area (Å²) in [6.45, 7) is 0. The first-order chi connectivity index (χ1) is 15.1. The van der Waals surface area contributed by atoms with Crippen LogP contribution in [0, 0.1) is 22.7 Å².